The van der Waals surface area contributed by atoms with Gasteiger partial charge in [0.25, 0.3) is 5.91 Å². The summed E-state index contributed by atoms with van der Waals surface area (Å²) in [5.41, 5.74) is -0.565. The van der Waals surface area contributed by atoms with E-state index < -0.39 is 17.6 Å². The molecule has 0 bridgehead atoms. The molecular formula is C18H23N3O4. The molecule has 1 heterocycles. The minimum absolute atomic E-state index is 0.0309. The van der Waals surface area contributed by atoms with Crippen molar-refractivity contribution in [3.63, 3.8) is 0 Å². The van der Waals surface area contributed by atoms with Gasteiger partial charge in [-0.3, -0.25) is 9.59 Å². The van der Waals surface area contributed by atoms with E-state index in [1.807, 2.05) is 18.2 Å². The lowest BCUT2D eigenvalue weighted by Gasteiger charge is -2.19. The smallest absolute Gasteiger partial charge is 0.407 e. The fourth-order valence-electron chi connectivity index (χ4n) is 2.32. The molecule has 1 aliphatic heterocycles. The quantitative estimate of drug-likeness (QED) is 0.749. The molecule has 0 aromatic heterocycles. The Morgan fingerprint density at radius 2 is 1.84 bits per heavy atom. The molecule has 1 unspecified atom stereocenters. The number of carbonyl (C=O) groups is 3. The number of nitrogens with zero attached hydrogens (tertiary/aromatic N) is 1. The molecule has 0 saturated heterocycles. The number of rotatable bonds is 5. The Labute approximate surface area is 146 Å². The van der Waals surface area contributed by atoms with Crippen molar-refractivity contribution in [2.24, 2.45) is 10.9 Å². The molecule has 25 heavy (non-hydrogen) atoms. The second kappa shape index (κ2) is 7.92. The number of para-hydroxylation sites is 1. The minimum Gasteiger partial charge on any atom is -0.444 e. The average molecular weight is 345 g/mol. The predicted molar refractivity (Wildman–Crippen MR) is 92.0 cm³/mol. The maximum Gasteiger partial charge on any atom is 0.407 e. The number of carbonyl (C=O) groups excluding carboxylic acids is 3. The molecule has 0 radical (unpaired) electrons. The molecular weight excluding hydrogens is 322 g/mol. The van der Waals surface area contributed by atoms with Crippen molar-refractivity contribution in [2.45, 2.75) is 32.8 Å². The summed E-state index contributed by atoms with van der Waals surface area (Å²) in [7, 11) is 0. The van der Waals surface area contributed by atoms with Gasteiger partial charge in [-0.2, -0.15) is 0 Å². The van der Waals surface area contributed by atoms with Gasteiger partial charge in [-0.15, -0.1) is 0 Å². The Morgan fingerprint density at radius 3 is 2.56 bits per heavy atom. The molecule has 0 aliphatic carbocycles. The van der Waals surface area contributed by atoms with Crippen LogP contribution in [0.2, 0.25) is 0 Å². The Hall–Kier alpha value is -2.70. The lowest BCUT2D eigenvalue weighted by molar-refractivity contribution is -0.126. The van der Waals surface area contributed by atoms with E-state index in [4.69, 9.17) is 4.74 Å². The molecule has 134 valence electrons. The number of alkyl carbamates (subject to hydrolysis) is 1. The fraction of sp³-hybridized carbons (Fsp3) is 0.444. The van der Waals surface area contributed by atoms with Crippen LogP contribution in [0, 0.1) is 5.92 Å². The Kier molecular flexibility index (Phi) is 5.90. The Morgan fingerprint density at radius 1 is 1.16 bits per heavy atom. The molecule has 0 spiro atoms. The lowest BCUT2D eigenvalue weighted by atomic mass is 10.00. The van der Waals surface area contributed by atoms with Crippen molar-refractivity contribution in [2.75, 3.05) is 13.1 Å². The van der Waals surface area contributed by atoms with Crippen LogP contribution in [0.1, 0.15) is 27.2 Å². The van der Waals surface area contributed by atoms with Crippen molar-refractivity contribution >= 4 is 24.0 Å². The molecule has 1 aromatic carbocycles. The highest BCUT2D eigenvalue weighted by Gasteiger charge is 2.21. The zero-order valence-electron chi connectivity index (χ0n) is 14.7. The van der Waals surface area contributed by atoms with Gasteiger partial charge >= 0.3 is 6.09 Å². The molecule has 1 aliphatic rings. The number of hydrogen-bond acceptors (Lipinski definition) is 4. The number of hydrogen-bond donors (Lipinski definition) is 2. The Balaban J connectivity index is 1.77. The predicted octanol–water partition coefficient (Wildman–Crippen LogP) is 0.274. The van der Waals surface area contributed by atoms with Crippen LogP contribution < -0.4 is 21.2 Å². The van der Waals surface area contributed by atoms with Gasteiger partial charge in [-0.1, -0.05) is 24.3 Å². The first-order chi connectivity index (χ1) is 11.7. The number of fused-ring (bicyclic) bond motifs is 1. The first kappa shape index (κ1) is 18.6. The topological polar surface area (TPSA) is 96.9 Å². The number of benzene rings is 1. The van der Waals surface area contributed by atoms with Gasteiger partial charge in [0.05, 0.1) is 11.3 Å². The Bertz CT molecular complexity index is 780. The second-order valence-electron chi connectivity index (χ2n) is 6.76. The van der Waals surface area contributed by atoms with Crippen molar-refractivity contribution in [1.82, 2.24) is 10.6 Å². The van der Waals surface area contributed by atoms with Gasteiger partial charge in [-0.25, -0.2) is 9.79 Å². The summed E-state index contributed by atoms with van der Waals surface area (Å²) in [5.74, 6) is -1.15. The molecule has 0 saturated carbocycles. The van der Waals surface area contributed by atoms with E-state index in [2.05, 4.69) is 15.6 Å². The van der Waals surface area contributed by atoms with Gasteiger partial charge in [0.15, 0.2) is 0 Å². The first-order valence-corrected chi connectivity index (χ1v) is 8.17. The molecule has 7 heteroatoms. The van der Waals surface area contributed by atoms with Crippen molar-refractivity contribution in [3.05, 3.63) is 34.8 Å². The summed E-state index contributed by atoms with van der Waals surface area (Å²) in [4.78, 5) is 39.4. The summed E-state index contributed by atoms with van der Waals surface area (Å²) >= 11 is 0. The molecule has 0 fully saturated rings. The number of amides is 3. The van der Waals surface area contributed by atoms with E-state index in [0.717, 1.165) is 5.22 Å². The molecule has 3 amide bonds. The van der Waals surface area contributed by atoms with Gasteiger partial charge < -0.3 is 15.4 Å². The highest BCUT2D eigenvalue weighted by Crippen LogP contribution is 2.09. The standard InChI is InChI=1S/C18H23N3O4/c1-18(2,3)25-17(24)20-9-8-19-15(22)11-13-10-12-6-4-5-7-14(12)21-16(13)23/h4-7,10,13H,8-9,11H2,1-3H3,(H,19,22)(H,20,24). The van der Waals surface area contributed by atoms with E-state index in [1.54, 1.807) is 32.9 Å². The summed E-state index contributed by atoms with van der Waals surface area (Å²) in [6.45, 7) is 5.82. The zero-order valence-corrected chi connectivity index (χ0v) is 14.7. The normalized spacial score (nSPS) is 16.1. The van der Waals surface area contributed by atoms with Gasteiger partial charge in [0.2, 0.25) is 5.91 Å². The van der Waals surface area contributed by atoms with Crippen LogP contribution in [0.15, 0.2) is 29.3 Å². The fourth-order valence-corrected chi connectivity index (χ4v) is 2.32. The van der Waals surface area contributed by atoms with Crippen molar-refractivity contribution in [3.8, 4) is 0 Å². The van der Waals surface area contributed by atoms with E-state index in [1.165, 1.54) is 0 Å². The number of nitrogens with one attached hydrogen (secondary N) is 2. The van der Waals surface area contributed by atoms with E-state index in [-0.39, 0.29) is 31.3 Å². The molecule has 7 nitrogen and oxygen atoms in total. The van der Waals surface area contributed by atoms with Gasteiger partial charge in [0, 0.05) is 19.5 Å². The van der Waals surface area contributed by atoms with Crippen LogP contribution in [0.4, 0.5) is 4.79 Å². The molecule has 1 atom stereocenters. The van der Waals surface area contributed by atoms with E-state index in [0.29, 0.717) is 5.36 Å². The number of ether oxygens (including phenoxy) is 1. The SMILES string of the molecule is CC(C)(C)OC(=O)NCCNC(=O)CC1C=c2ccccc2=NC1=O. The van der Waals surface area contributed by atoms with Gasteiger partial charge in [0.1, 0.15) is 5.60 Å². The summed E-state index contributed by atoms with van der Waals surface area (Å²) in [6, 6.07) is 7.30. The monoisotopic (exact) mass is 345 g/mol. The summed E-state index contributed by atoms with van der Waals surface area (Å²) in [5, 5.41) is 6.70. The van der Waals surface area contributed by atoms with Crippen LogP contribution in [0.25, 0.3) is 6.08 Å². The average Bonchev–Trinajstić information content (AvgIpc) is 2.50. The van der Waals surface area contributed by atoms with Gasteiger partial charge in [-0.05, 0) is 32.1 Å². The van der Waals surface area contributed by atoms with Crippen molar-refractivity contribution < 1.29 is 19.1 Å². The van der Waals surface area contributed by atoms with E-state index >= 15 is 0 Å². The highest BCUT2D eigenvalue weighted by atomic mass is 16.6. The third-order valence-electron chi connectivity index (χ3n) is 3.39. The second-order valence-corrected chi connectivity index (χ2v) is 6.76. The lowest BCUT2D eigenvalue weighted by Crippen LogP contribution is -2.39. The minimum atomic E-state index is -0.565. The van der Waals surface area contributed by atoms with Crippen LogP contribution in [0.5, 0.6) is 0 Å². The maximum atomic E-state index is 12.0. The van der Waals surface area contributed by atoms with Crippen LogP contribution in [-0.2, 0) is 14.3 Å². The largest absolute Gasteiger partial charge is 0.444 e. The molecule has 2 rings (SSSR count). The summed E-state index contributed by atoms with van der Waals surface area (Å²) < 4.78 is 5.09. The van der Waals surface area contributed by atoms with Crippen LogP contribution in [-0.4, -0.2) is 36.6 Å². The molecule has 1 aromatic rings. The molecule has 2 N–H and O–H groups in total. The first-order valence-electron chi connectivity index (χ1n) is 8.17. The van der Waals surface area contributed by atoms with E-state index in [9.17, 15) is 14.4 Å². The third-order valence-corrected chi connectivity index (χ3v) is 3.39. The maximum absolute atomic E-state index is 12.0. The third kappa shape index (κ3) is 6.02. The van der Waals surface area contributed by atoms with Crippen LogP contribution in [0.3, 0.4) is 0 Å². The summed E-state index contributed by atoms with van der Waals surface area (Å²) in [6.07, 6.45) is 1.26. The zero-order chi connectivity index (χ0) is 18.4. The van der Waals surface area contributed by atoms with Crippen LogP contribution >= 0.6 is 0 Å². The van der Waals surface area contributed by atoms with Crippen molar-refractivity contribution in [1.29, 1.82) is 0 Å². The highest BCUT2D eigenvalue weighted by molar-refractivity contribution is 5.91.